The molecule has 1 fully saturated rings. The van der Waals surface area contributed by atoms with Crippen LogP contribution in [0.5, 0.6) is 5.75 Å². The highest BCUT2D eigenvalue weighted by Gasteiger charge is 2.27. The zero-order valence-corrected chi connectivity index (χ0v) is 21.2. The van der Waals surface area contributed by atoms with E-state index in [1.54, 1.807) is 7.11 Å². The Kier molecular flexibility index (Phi) is 9.22. The van der Waals surface area contributed by atoms with Gasteiger partial charge in [-0.25, -0.2) is 0 Å². The minimum atomic E-state index is -0.119. The Morgan fingerprint density at radius 1 is 1.09 bits per heavy atom. The second-order valence-corrected chi connectivity index (χ2v) is 9.37. The summed E-state index contributed by atoms with van der Waals surface area (Å²) in [6, 6.07) is 11.3. The molecule has 1 unspecified atom stereocenters. The molecule has 3 rings (SSSR count). The van der Waals surface area contributed by atoms with Crippen molar-refractivity contribution < 1.29 is 19.1 Å². The molecule has 0 radical (unpaired) electrons. The van der Waals surface area contributed by atoms with E-state index in [0.717, 1.165) is 54.7 Å². The number of hydrogen-bond donors (Lipinski definition) is 2. The Bertz CT molecular complexity index is 1000. The van der Waals surface area contributed by atoms with Crippen molar-refractivity contribution in [3.8, 4) is 5.75 Å². The SMILES string of the molecule is CCc1cc(C(=O)NCC2CCC(C(=O)OC)CC2)ccc1NC(C)c1cc(Cl)ccc1OC. The van der Waals surface area contributed by atoms with E-state index in [-0.39, 0.29) is 23.8 Å². The van der Waals surface area contributed by atoms with E-state index in [1.165, 1.54) is 7.11 Å². The summed E-state index contributed by atoms with van der Waals surface area (Å²) in [6.45, 7) is 4.76. The van der Waals surface area contributed by atoms with Gasteiger partial charge in [0.05, 0.1) is 26.2 Å². The molecule has 1 atom stereocenters. The number of hydrogen-bond acceptors (Lipinski definition) is 5. The second-order valence-electron chi connectivity index (χ2n) is 8.93. The van der Waals surface area contributed by atoms with Gasteiger partial charge >= 0.3 is 5.97 Å². The van der Waals surface area contributed by atoms with Crippen LogP contribution < -0.4 is 15.4 Å². The van der Waals surface area contributed by atoms with Crippen LogP contribution in [0.15, 0.2) is 36.4 Å². The van der Waals surface area contributed by atoms with Gasteiger partial charge in [0.1, 0.15) is 5.75 Å². The monoisotopic (exact) mass is 486 g/mol. The predicted molar refractivity (Wildman–Crippen MR) is 136 cm³/mol. The molecule has 1 aliphatic carbocycles. The number of amides is 1. The zero-order valence-electron chi connectivity index (χ0n) is 20.4. The highest BCUT2D eigenvalue weighted by molar-refractivity contribution is 6.30. The van der Waals surface area contributed by atoms with Crippen LogP contribution >= 0.6 is 11.6 Å². The molecular weight excluding hydrogens is 452 g/mol. The molecule has 184 valence electrons. The predicted octanol–water partition coefficient (Wildman–Crippen LogP) is 5.79. The van der Waals surface area contributed by atoms with E-state index < -0.39 is 0 Å². The summed E-state index contributed by atoms with van der Waals surface area (Å²) in [5.74, 6) is 0.981. The standard InChI is InChI=1S/C27H35ClN2O4/c1-5-19-14-21(26(31)29-16-18-6-8-20(9-7-18)27(32)34-4)10-12-24(19)30-17(2)23-15-22(28)11-13-25(23)33-3/h10-15,17-18,20,30H,5-9,16H2,1-4H3,(H,29,31). The summed E-state index contributed by atoms with van der Waals surface area (Å²) in [7, 11) is 3.09. The fourth-order valence-corrected chi connectivity index (χ4v) is 4.81. The van der Waals surface area contributed by atoms with Crippen LogP contribution in [-0.4, -0.2) is 32.6 Å². The van der Waals surface area contributed by atoms with Gasteiger partial charge in [-0.05, 0) is 86.9 Å². The summed E-state index contributed by atoms with van der Waals surface area (Å²) in [5.41, 5.74) is 3.67. The van der Waals surface area contributed by atoms with Crippen molar-refractivity contribution in [2.75, 3.05) is 26.1 Å². The normalized spacial score (nSPS) is 18.6. The first-order chi connectivity index (χ1) is 16.4. The third-order valence-electron chi connectivity index (χ3n) is 6.71. The van der Waals surface area contributed by atoms with Gasteiger partial charge in [0, 0.05) is 28.4 Å². The summed E-state index contributed by atoms with van der Waals surface area (Å²) < 4.78 is 10.3. The third-order valence-corrected chi connectivity index (χ3v) is 6.95. The number of carbonyl (C=O) groups excluding carboxylic acids is 2. The highest BCUT2D eigenvalue weighted by Crippen LogP contribution is 2.32. The number of methoxy groups -OCH3 is 2. The lowest BCUT2D eigenvalue weighted by Crippen LogP contribution is -2.32. The van der Waals surface area contributed by atoms with E-state index in [0.29, 0.717) is 23.0 Å². The Balaban J connectivity index is 1.61. The van der Waals surface area contributed by atoms with Crippen molar-refractivity contribution >= 4 is 29.2 Å². The molecule has 0 bridgehead atoms. The zero-order chi connectivity index (χ0) is 24.7. The number of aryl methyl sites for hydroxylation is 1. The molecule has 0 spiro atoms. The van der Waals surface area contributed by atoms with Crippen LogP contribution in [0.3, 0.4) is 0 Å². The molecule has 34 heavy (non-hydrogen) atoms. The quantitative estimate of drug-likeness (QED) is 0.438. The van der Waals surface area contributed by atoms with Crippen molar-refractivity contribution in [2.24, 2.45) is 11.8 Å². The lowest BCUT2D eigenvalue weighted by molar-refractivity contribution is -0.146. The average molecular weight is 487 g/mol. The number of anilines is 1. The second kappa shape index (κ2) is 12.1. The maximum Gasteiger partial charge on any atom is 0.308 e. The number of rotatable bonds is 9. The van der Waals surface area contributed by atoms with Crippen molar-refractivity contribution in [1.82, 2.24) is 5.32 Å². The van der Waals surface area contributed by atoms with Gasteiger partial charge in [-0.3, -0.25) is 9.59 Å². The molecule has 1 saturated carbocycles. The Morgan fingerprint density at radius 3 is 2.47 bits per heavy atom. The molecule has 1 aliphatic rings. The van der Waals surface area contributed by atoms with Gasteiger partial charge in [-0.15, -0.1) is 0 Å². The number of benzene rings is 2. The fraction of sp³-hybridized carbons (Fsp3) is 0.481. The number of nitrogens with one attached hydrogen (secondary N) is 2. The van der Waals surface area contributed by atoms with Gasteiger partial charge in [-0.1, -0.05) is 18.5 Å². The fourth-order valence-electron chi connectivity index (χ4n) is 4.63. The minimum Gasteiger partial charge on any atom is -0.496 e. The summed E-state index contributed by atoms with van der Waals surface area (Å²) >= 11 is 6.20. The molecule has 6 nitrogen and oxygen atoms in total. The highest BCUT2D eigenvalue weighted by atomic mass is 35.5. The van der Waals surface area contributed by atoms with Crippen LogP contribution in [0.25, 0.3) is 0 Å². The average Bonchev–Trinajstić information content (AvgIpc) is 2.87. The molecule has 7 heteroatoms. The Morgan fingerprint density at radius 2 is 1.82 bits per heavy atom. The van der Waals surface area contributed by atoms with Gasteiger partial charge in [-0.2, -0.15) is 0 Å². The molecule has 2 aromatic rings. The van der Waals surface area contributed by atoms with E-state index >= 15 is 0 Å². The van der Waals surface area contributed by atoms with E-state index in [1.807, 2.05) is 36.4 Å². The molecule has 2 N–H and O–H groups in total. The van der Waals surface area contributed by atoms with Gasteiger partial charge in [0.2, 0.25) is 0 Å². The topological polar surface area (TPSA) is 76.7 Å². The maximum atomic E-state index is 12.8. The van der Waals surface area contributed by atoms with Crippen molar-refractivity contribution in [3.63, 3.8) is 0 Å². The largest absolute Gasteiger partial charge is 0.496 e. The van der Waals surface area contributed by atoms with Crippen molar-refractivity contribution in [2.45, 2.75) is 52.0 Å². The van der Waals surface area contributed by atoms with Gasteiger partial charge < -0.3 is 20.1 Å². The molecule has 0 aromatic heterocycles. The number of carbonyl (C=O) groups is 2. The van der Waals surface area contributed by atoms with E-state index in [2.05, 4.69) is 24.5 Å². The first kappa shape index (κ1) is 25.9. The van der Waals surface area contributed by atoms with Crippen molar-refractivity contribution in [1.29, 1.82) is 0 Å². The first-order valence-electron chi connectivity index (χ1n) is 11.9. The lowest BCUT2D eigenvalue weighted by atomic mass is 9.82. The van der Waals surface area contributed by atoms with E-state index in [9.17, 15) is 9.59 Å². The van der Waals surface area contributed by atoms with Crippen LogP contribution in [0.1, 0.15) is 67.1 Å². The molecule has 0 aliphatic heterocycles. The Hall–Kier alpha value is -2.73. The molecule has 1 amide bonds. The number of ether oxygens (including phenoxy) is 2. The molecule has 2 aromatic carbocycles. The van der Waals surface area contributed by atoms with Crippen LogP contribution in [0, 0.1) is 11.8 Å². The number of esters is 1. The minimum absolute atomic E-state index is 0.00150. The third kappa shape index (κ3) is 6.44. The van der Waals surface area contributed by atoms with Gasteiger partial charge in [0.15, 0.2) is 0 Å². The van der Waals surface area contributed by atoms with E-state index in [4.69, 9.17) is 21.1 Å². The van der Waals surface area contributed by atoms with Crippen LogP contribution in [0.4, 0.5) is 5.69 Å². The maximum absolute atomic E-state index is 12.8. The molecule has 0 heterocycles. The van der Waals surface area contributed by atoms with Gasteiger partial charge in [0.25, 0.3) is 5.91 Å². The first-order valence-corrected chi connectivity index (χ1v) is 12.3. The molecular formula is C27H35ClN2O4. The molecule has 0 saturated heterocycles. The smallest absolute Gasteiger partial charge is 0.308 e. The lowest BCUT2D eigenvalue weighted by Gasteiger charge is -2.27. The summed E-state index contributed by atoms with van der Waals surface area (Å²) in [4.78, 5) is 24.5. The van der Waals surface area contributed by atoms with Crippen LogP contribution in [-0.2, 0) is 16.0 Å². The van der Waals surface area contributed by atoms with Crippen LogP contribution in [0.2, 0.25) is 5.02 Å². The van der Waals surface area contributed by atoms with Crippen molar-refractivity contribution in [3.05, 3.63) is 58.1 Å². The Labute approximate surface area is 207 Å². The summed E-state index contributed by atoms with van der Waals surface area (Å²) in [5, 5.41) is 7.28. The summed E-state index contributed by atoms with van der Waals surface area (Å²) in [6.07, 6.45) is 4.29. The number of halogens is 1.